The van der Waals surface area contributed by atoms with Gasteiger partial charge in [-0.1, -0.05) is 156 Å². The van der Waals surface area contributed by atoms with Crippen LogP contribution in [0.1, 0.15) is 51.3 Å². The van der Waals surface area contributed by atoms with Crippen molar-refractivity contribution in [1.82, 2.24) is 14.5 Å². The largest absolute Gasteiger partial charge is 0.507 e. The van der Waals surface area contributed by atoms with Gasteiger partial charge in [0.15, 0.2) is 0 Å². The summed E-state index contributed by atoms with van der Waals surface area (Å²) in [6.45, 7) is 11.2. The molecule has 286 valence electrons. The van der Waals surface area contributed by atoms with Gasteiger partial charge in [0.1, 0.15) is 11.6 Å². The highest BCUT2D eigenvalue weighted by molar-refractivity contribution is 5.98. The van der Waals surface area contributed by atoms with E-state index >= 15 is 0 Å². The Morgan fingerprint density at radius 3 is 1.93 bits per heavy atom. The van der Waals surface area contributed by atoms with E-state index in [1.54, 1.807) is 0 Å². The molecule has 0 aliphatic heterocycles. The van der Waals surface area contributed by atoms with Crippen LogP contribution in [0.3, 0.4) is 0 Å². The molecule has 0 saturated heterocycles. The van der Waals surface area contributed by atoms with Crippen LogP contribution in [0.4, 0.5) is 0 Å². The number of nitrogens with zero attached hydrogens (tertiary/aromatic N) is 3. The van der Waals surface area contributed by atoms with E-state index in [0.717, 1.165) is 72.5 Å². The zero-order valence-electron chi connectivity index (χ0n) is 34.0. The number of para-hydroxylation sites is 2. The summed E-state index contributed by atoms with van der Waals surface area (Å²) < 4.78 is 2.24. The van der Waals surface area contributed by atoms with E-state index in [9.17, 15) is 5.11 Å². The molecule has 7 aromatic carbocycles. The summed E-state index contributed by atoms with van der Waals surface area (Å²) in [5.41, 5.74) is 17.5. The number of benzene rings is 7. The minimum atomic E-state index is -0.250. The fourth-order valence-electron chi connectivity index (χ4n) is 8.97. The predicted molar refractivity (Wildman–Crippen MR) is 244 cm³/mol. The molecule has 2 aromatic heterocycles. The van der Waals surface area contributed by atoms with Crippen molar-refractivity contribution in [2.24, 2.45) is 0 Å². The first-order chi connectivity index (χ1) is 28.6. The van der Waals surface area contributed by atoms with Crippen molar-refractivity contribution in [3.8, 4) is 78.6 Å². The maximum Gasteiger partial charge on any atom is 0.149 e. The van der Waals surface area contributed by atoms with Crippen LogP contribution in [-0.4, -0.2) is 19.6 Å². The van der Waals surface area contributed by atoms with Crippen molar-refractivity contribution in [3.05, 3.63) is 193 Å². The van der Waals surface area contributed by atoms with Crippen LogP contribution in [0.25, 0.3) is 83.9 Å². The maximum atomic E-state index is 12.1. The Morgan fingerprint density at radius 1 is 0.508 bits per heavy atom. The second-order valence-corrected chi connectivity index (χ2v) is 17.3. The van der Waals surface area contributed by atoms with Gasteiger partial charge in [0.05, 0.1) is 28.0 Å². The summed E-state index contributed by atoms with van der Waals surface area (Å²) in [5, 5.41) is 12.1. The molecule has 1 aliphatic carbocycles. The van der Waals surface area contributed by atoms with Crippen molar-refractivity contribution in [1.29, 1.82) is 0 Å². The summed E-state index contributed by atoms with van der Waals surface area (Å²) in [5.74, 6) is 0.893. The SMILES string of the molecule is CC(C)(C)c1cc(-c2cc(-c3ccccc3)ccn2)cc(-c2cccc3c2nc(-c2cc4c(cc2O)C(C)(C)c2ccccc2-4)n3-c2ccccc2-c2ccccc2)c1. The predicted octanol–water partition coefficient (Wildman–Crippen LogP) is 14.1. The first kappa shape index (κ1) is 36.3. The zero-order chi connectivity index (χ0) is 40.5. The van der Waals surface area contributed by atoms with Gasteiger partial charge in [-0.3, -0.25) is 9.55 Å². The van der Waals surface area contributed by atoms with Gasteiger partial charge in [0.2, 0.25) is 0 Å². The Hall–Kier alpha value is -7.04. The van der Waals surface area contributed by atoms with Crippen LogP contribution in [0.5, 0.6) is 5.75 Å². The summed E-state index contributed by atoms with van der Waals surface area (Å²) in [6.07, 6.45) is 1.91. The molecule has 0 atom stereocenters. The Bertz CT molecular complexity index is 3060. The highest BCUT2D eigenvalue weighted by Gasteiger charge is 2.37. The van der Waals surface area contributed by atoms with Gasteiger partial charge in [-0.05, 0) is 104 Å². The van der Waals surface area contributed by atoms with Crippen molar-refractivity contribution in [2.45, 2.75) is 45.4 Å². The van der Waals surface area contributed by atoms with Crippen molar-refractivity contribution < 1.29 is 5.11 Å². The normalized spacial score (nSPS) is 13.0. The van der Waals surface area contributed by atoms with Gasteiger partial charge in [-0.2, -0.15) is 0 Å². The van der Waals surface area contributed by atoms with Gasteiger partial charge in [0.25, 0.3) is 0 Å². The second-order valence-electron chi connectivity index (χ2n) is 17.3. The third kappa shape index (κ3) is 6.15. The Labute approximate surface area is 346 Å². The molecule has 1 aliphatic rings. The number of rotatable bonds is 6. The van der Waals surface area contributed by atoms with E-state index < -0.39 is 0 Å². The molecule has 0 saturated carbocycles. The average molecular weight is 764 g/mol. The number of aromatic nitrogens is 3. The highest BCUT2D eigenvalue weighted by atomic mass is 16.3. The van der Waals surface area contributed by atoms with E-state index in [1.807, 2.05) is 24.4 Å². The minimum Gasteiger partial charge on any atom is -0.507 e. The molecule has 9 aromatic rings. The van der Waals surface area contributed by atoms with Crippen LogP contribution in [-0.2, 0) is 10.8 Å². The number of pyridine rings is 1. The monoisotopic (exact) mass is 763 g/mol. The van der Waals surface area contributed by atoms with Gasteiger partial charge in [-0.25, -0.2) is 4.98 Å². The van der Waals surface area contributed by atoms with Gasteiger partial charge < -0.3 is 5.11 Å². The Kier molecular flexibility index (Phi) is 8.50. The van der Waals surface area contributed by atoms with Gasteiger partial charge in [-0.15, -0.1) is 0 Å². The lowest BCUT2D eigenvalue weighted by Crippen LogP contribution is -2.14. The van der Waals surface area contributed by atoms with E-state index in [2.05, 4.69) is 191 Å². The molecule has 1 N–H and O–H groups in total. The zero-order valence-corrected chi connectivity index (χ0v) is 34.0. The van der Waals surface area contributed by atoms with Gasteiger partial charge in [0, 0.05) is 28.3 Å². The number of phenols is 1. The summed E-state index contributed by atoms with van der Waals surface area (Å²) >= 11 is 0. The van der Waals surface area contributed by atoms with E-state index in [4.69, 9.17) is 9.97 Å². The highest BCUT2D eigenvalue weighted by Crippen LogP contribution is 2.52. The standard InChI is InChI=1S/C55H45N3O/c1-54(2,3)40-30-38(29-39(31-40)48-32-37(27-28-56-48)35-17-8-6-9-18-35)42-23-16-26-50-52(42)57-53(58(50)49-25-15-13-21-41(49)36-19-10-7-11-20-36)45-33-44-43-22-12-14-24-46(43)55(4,5)47(44)34-51(45)59/h6-34,59H,1-5H3. The first-order valence-electron chi connectivity index (χ1n) is 20.4. The maximum absolute atomic E-state index is 12.1. The molecule has 0 unspecified atom stereocenters. The molecule has 4 heteroatoms. The molecular weight excluding hydrogens is 719 g/mol. The van der Waals surface area contributed by atoms with E-state index in [0.29, 0.717) is 11.4 Å². The lowest BCUT2D eigenvalue weighted by Gasteiger charge is -2.22. The number of aromatic hydroxyl groups is 1. The first-order valence-corrected chi connectivity index (χ1v) is 20.4. The summed E-state index contributed by atoms with van der Waals surface area (Å²) in [7, 11) is 0. The molecule has 0 fully saturated rings. The van der Waals surface area contributed by atoms with Gasteiger partial charge >= 0.3 is 0 Å². The van der Waals surface area contributed by atoms with Crippen molar-refractivity contribution >= 4 is 11.0 Å². The molecule has 0 radical (unpaired) electrons. The number of fused-ring (bicyclic) bond motifs is 4. The number of imidazole rings is 1. The molecule has 2 heterocycles. The van der Waals surface area contributed by atoms with Crippen molar-refractivity contribution in [2.75, 3.05) is 0 Å². The third-order valence-electron chi connectivity index (χ3n) is 12.1. The third-order valence-corrected chi connectivity index (χ3v) is 12.1. The molecule has 0 bridgehead atoms. The number of hydrogen-bond donors (Lipinski definition) is 1. The van der Waals surface area contributed by atoms with Crippen LogP contribution < -0.4 is 0 Å². The fourth-order valence-corrected chi connectivity index (χ4v) is 8.97. The average Bonchev–Trinajstić information content (AvgIpc) is 3.75. The smallest absolute Gasteiger partial charge is 0.149 e. The lowest BCUT2D eigenvalue weighted by atomic mass is 9.82. The Balaban J connectivity index is 1.24. The minimum absolute atomic E-state index is 0.130. The van der Waals surface area contributed by atoms with Crippen LogP contribution in [0, 0.1) is 0 Å². The van der Waals surface area contributed by atoms with Crippen molar-refractivity contribution in [3.63, 3.8) is 0 Å². The van der Waals surface area contributed by atoms with Crippen LogP contribution >= 0.6 is 0 Å². The van der Waals surface area contributed by atoms with E-state index in [-0.39, 0.29) is 16.6 Å². The topological polar surface area (TPSA) is 50.9 Å². The molecule has 0 amide bonds. The fraction of sp³-hybridized carbons (Fsp3) is 0.127. The quantitative estimate of drug-likeness (QED) is 0.183. The molecule has 10 rings (SSSR count). The lowest BCUT2D eigenvalue weighted by molar-refractivity contribution is 0.474. The number of hydrogen-bond acceptors (Lipinski definition) is 3. The molecule has 4 nitrogen and oxygen atoms in total. The van der Waals surface area contributed by atoms with Crippen LogP contribution in [0.2, 0.25) is 0 Å². The second kappa shape index (κ2) is 13.8. The molecule has 59 heavy (non-hydrogen) atoms. The molecular formula is C55H45N3O. The summed E-state index contributed by atoms with van der Waals surface area (Å²) in [4.78, 5) is 10.5. The number of phenolic OH excluding ortho intramolecular Hbond substituents is 1. The summed E-state index contributed by atoms with van der Waals surface area (Å²) in [6, 6.07) is 59.7. The Morgan fingerprint density at radius 2 is 1.17 bits per heavy atom. The van der Waals surface area contributed by atoms with Crippen LogP contribution in [0.15, 0.2) is 176 Å². The van der Waals surface area contributed by atoms with E-state index in [1.165, 1.54) is 16.7 Å². The molecule has 0 spiro atoms.